The number of aliphatic carboxylic acids is 1. The lowest BCUT2D eigenvalue weighted by molar-refractivity contribution is -0.192. The smallest absolute Gasteiger partial charge is 0.475 e. The molecule has 0 unspecified atom stereocenters. The van der Waals surface area contributed by atoms with E-state index in [1.54, 1.807) is 19.3 Å². The molecule has 1 aliphatic heterocycles. The molecule has 4 heterocycles. The van der Waals surface area contributed by atoms with Crippen LogP contribution in [-0.2, 0) is 17.9 Å². The molecular formula is C25H24F3N7O3. The summed E-state index contributed by atoms with van der Waals surface area (Å²) in [6.45, 7) is 5.96. The molecule has 0 radical (unpaired) electrons. The number of alkyl halides is 3. The van der Waals surface area contributed by atoms with Crippen LogP contribution in [0.5, 0.6) is 0 Å². The van der Waals surface area contributed by atoms with E-state index >= 15 is 0 Å². The Kier molecular flexibility index (Phi) is 7.92. The van der Waals surface area contributed by atoms with Crippen LogP contribution in [-0.4, -0.2) is 67.7 Å². The number of carboxylic acid groups (broad SMARTS) is 1. The van der Waals surface area contributed by atoms with E-state index in [0.717, 1.165) is 48.6 Å². The lowest BCUT2D eigenvalue weighted by Gasteiger charge is -2.28. The van der Waals surface area contributed by atoms with Crippen molar-refractivity contribution >= 4 is 33.7 Å². The van der Waals surface area contributed by atoms with E-state index in [1.165, 1.54) is 4.68 Å². The summed E-state index contributed by atoms with van der Waals surface area (Å²) in [5.41, 5.74) is 1.76. The summed E-state index contributed by atoms with van der Waals surface area (Å²) < 4.78 is 35.1. The number of anilines is 1. The van der Waals surface area contributed by atoms with Crippen molar-refractivity contribution in [3.63, 3.8) is 0 Å². The van der Waals surface area contributed by atoms with Crippen LogP contribution in [0.25, 0.3) is 21.8 Å². The van der Waals surface area contributed by atoms with Crippen molar-refractivity contribution in [3.05, 3.63) is 58.8 Å². The van der Waals surface area contributed by atoms with Gasteiger partial charge in [-0.05, 0) is 18.4 Å². The number of aromatic nitrogens is 5. The monoisotopic (exact) mass is 527 g/mol. The minimum absolute atomic E-state index is 0.181. The molecule has 5 rings (SSSR count). The maximum atomic E-state index is 13.5. The van der Waals surface area contributed by atoms with Crippen molar-refractivity contribution in [2.45, 2.75) is 26.2 Å². The lowest BCUT2D eigenvalue weighted by atomic mass is 10.1. The summed E-state index contributed by atoms with van der Waals surface area (Å²) in [4.78, 5) is 33.8. The molecule has 0 bridgehead atoms. The molecule has 10 nitrogen and oxygen atoms in total. The second-order valence-electron chi connectivity index (χ2n) is 8.28. The normalized spacial score (nSPS) is 13.5. The number of rotatable bonds is 4. The number of piperazine rings is 1. The third-order valence-electron chi connectivity index (χ3n) is 5.84. The Hall–Kier alpha value is -4.44. The molecule has 13 heteroatoms. The summed E-state index contributed by atoms with van der Waals surface area (Å²) in [6, 6.07) is 10.00. The molecule has 1 saturated heterocycles. The summed E-state index contributed by atoms with van der Waals surface area (Å²) >= 11 is 0. The van der Waals surface area contributed by atoms with Crippen molar-refractivity contribution in [2.75, 3.05) is 31.1 Å². The Bertz CT molecular complexity index is 1570. The highest BCUT2D eigenvalue weighted by Gasteiger charge is 2.38. The zero-order valence-corrected chi connectivity index (χ0v) is 20.4. The van der Waals surface area contributed by atoms with Gasteiger partial charge >= 0.3 is 12.1 Å². The second-order valence-corrected chi connectivity index (χ2v) is 8.28. The Morgan fingerprint density at radius 3 is 2.58 bits per heavy atom. The van der Waals surface area contributed by atoms with Crippen LogP contribution in [0.2, 0.25) is 0 Å². The van der Waals surface area contributed by atoms with Gasteiger partial charge in [-0.15, -0.1) is 5.92 Å². The van der Waals surface area contributed by atoms with E-state index in [9.17, 15) is 18.0 Å². The van der Waals surface area contributed by atoms with Crippen LogP contribution >= 0.6 is 0 Å². The molecule has 4 aromatic rings. The van der Waals surface area contributed by atoms with Gasteiger partial charge in [0.15, 0.2) is 0 Å². The molecule has 0 amide bonds. The second kappa shape index (κ2) is 11.3. The molecule has 1 aliphatic rings. The summed E-state index contributed by atoms with van der Waals surface area (Å²) in [7, 11) is 0. The van der Waals surface area contributed by atoms with Gasteiger partial charge in [0.05, 0.1) is 25.0 Å². The summed E-state index contributed by atoms with van der Waals surface area (Å²) in [5, 5.41) is 17.0. The summed E-state index contributed by atoms with van der Waals surface area (Å²) in [6.07, 6.45) is -1.64. The molecule has 3 aromatic heterocycles. The number of benzene rings is 1. The molecule has 0 spiro atoms. The number of hydrogen-bond acceptors (Lipinski definition) is 7. The number of nitrogens with zero attached hydrogens (tertiary/aromatic N) is 6. The SMILES string of the molecule is CC#CCn1c(N2CCNCC2)nc2cnn(Cc3nccc4ccccc34)c(=O)c21.O=C(O)C(F)(F)F. The van der Waals surface area contributed by atoms with Crippen LogP contribution in [0.15, 0.2) is 47.5 Å². The van der Waals surface area contributed by atoms with Crippen molar-refractivity contribution in [2.24, 2.45) is 0 Å². The van der Waals surface area contributed by atoms with Gasteiger partial charge in [-0.1, -0.05) is 30.2 Å². The highest BCUT2D eigenvalue weighted by atomic mass is 19.4. The zero-order valence-electron chi connectivity index (χ0n) is 20.4. The molecule has 0 atom stereocenters. The van der Waals surface area contributed by atoms with Gasteiger partial charge in [-0.2, -0.15) is 18.3 Å². The molecule has 38 heavy (non-hydrogen) atoms. The van der Waals surface area contributed by atoms with E-state index in [4.69, 9.17) is 14.9 Å². The Labute approximate surface area is 214 Å². The quantitative estimate of drug-likeness (QED) is 0.388. The largest absolute Gasteiger partial charge is 0.490 e. The first kappa shape index (κ1) is 26.6. The first-order valence-corrected chi connectivity index (χ1v) is 11.6. The Morgan fingerprint density at radius 2 is 1.89 bits per heavy atom. The van der Waals surface area contributed by atoms with E-state index in [1.807, 2.05) is 34.9 Å². The standard InChI is InChI=1S/C23H23N7O.C2HF3O2/c1-2-3-12-29-21-19(27-23(29)28-13-10-24-11-14-28)15-26-30(22(21)31)16-20-18-7-5-4-6-17(18)8-9-25-20;3-2(4,5)1(6)7/h4-9,15,24H,10-14,16H2,1H3;(H,6,7). The third-order valence-corrected chi connectivity index (χ3v) is 5.84. The van der Waals surface area contributed by atoms with E-state index in [0.29, 0.717) is 24.1 Å². The number of carbonyl (C=O) groups is 1. The Balaban J connectivity index is 0.000000426. The van der Waals surface area contributed by atoms with Crippen molar-refractivity contribution in [3.8, 4) is 11.8 Å². The van der Waals surface area contributed by atoms with Crippen LogP contribution in [0.4, 0.5) is 19.1 Å². The van der Waals surface area contributed by atoms with Crippen LogP contribution in [0, 0.1) is 11.8 Å². The van der Waals surface area contributed by atoms with Gasteiger partial charge in [-0.25, -0.2) is 14.5 Å². The number of hydrogen-bond donors (Lipinski definition) is 2. The number of pyridine rings is 1. The van der Waals surface area contributed by atoms with Gasteiger partial charge in [-0.3, -0.25) is 14.3 Å². The third kappa shape index (κ3) is 5.76. The van der Waals surface area contributed by atoms with Crippen molar-refractivity contribution in [1.82, 2.24) is 29.6 Å². The predicted molar refractivity (Wildman–Crippen MR) is 135 cm³/mol. The topological polar surface area (TPSA) is 118 Å². The number of fused-ring (bicyclic) bond motifs is 2. The number of halogens is 3. The van der Waals surface area contributed by atoms with Crippen LogP contribution in [0.1, 0.15) is 12.6 Å². The summed E-state index contributed by atoms with van der Waals surface area (Å²) in [5.74, 6) is 4.04. The molecule has 198 valence electrons. The van der Waals surface area contributed by atoms with E-state index in [2.05, 4.69) is 32.1 Å². The van der Waals surface area contributed by atoms with Gasteiger partial charge in [0.25, 0.3) is 5.56 Å². The molecule has 1 fully saturated rings. The maximum absolute atomic E-state index is 13.5. The molecule has 1 aromatic carbocycles. The van der Waals surface area contributed by atoms with Gasteiger partial charge in [0, 0.05) is 37.8 Å². The molecule has 0 aliphatic carbocycles. The molecule has 2 N–H and O–H groups in total. The fourth-order valence-electron chi connectivity index (χ4n) is 4.05. The average Bonchev–Trinajstić information content (AvgIpc) is 3.29. The highest BCUT2D eigenvalue weighted by Crippen LogP contribution is 2.21. The Morgan fingerprint density at radius 1 is 1.18 bits per heavy atom. The predicted octanol–water partition coefficient (Wildman–Crippen LogP) is 2.26. The van der Waals surface area contributed by atoms with Crippen LogP contribution < -0.4 is 15.8 Å². The fourth-order valence-corrected chi connectivity index (χ4v) is 4.05. The number of imidazole rings is 1. The average molecular weight is 528 g/mol. The first-order chi connectivity index (χ1) is 18.2. The van der Waals surface area contributed by atoms with Crippen LogP contribution in [0.3, 0.4) is 0 Å². The minimum Gasteiger partial charge on any atom is -0.475 e. The van der Waals surface area contributed by atoms with Gasteiger partial charge in [0.1, 0.15) is 11.0 Å². The molecular weight excluding hydrogens is 503 g/mol. The zero-order chi connectivity index (χ0) is 27.3. The lowest BCUT2D eigenvalue weighted by Crippen LogP contribution is -2.44. The molecule has 0 saturated carbocycles. The number of carboxylic acids is 1. The maximum Gasteiger partial charge on any atom is 0.490 e. The van der Waals surface area contributed by atoms with Crippen molar-refractivity contribution < 1.29 is 23.1 Å². The van der Waals surface area contributed by atoms with Crippen molar-refractivity contribution in [1.29, 1.82) is 0 Å². The number of nitrogens with one attached hydrogen (secondary N) is 1. The minimum atomic E-state index is -5.08. The van der Waals surface area contributed by atoms with Gasteiger partial charge < -0.3 is 15.3 Å². The van der Waals surface area contributed by atoms with E-state index in [-0.39, 0.29) is 5.56 Å². The van der Waals surface area contributed by atoms with E-state index < -0.39 is 12.1 Å². The first-order valence-electron chi connectivity index (χ1n) is 11.6. The fraction of sp³-hybridized carbons (Fsp3) is 0.320. The van der Waals surface area contributed by atoms with Gasteiger partial charge in [0.2, 0.25) is 5.95 Å². The highest BCUT2D eigenvalue weighted by molar-refractivity contribution is 5.84.